The van der Waals surface area contributed by atoms with Gasteiger partial charge in [0.25, 0.3) is 0 Å². The van der Waals surface area contributed by atoms with Crippen LogP contribution < -0.4 is 10.1 Å². The van der Waals surface area contributed by atoms with Crippen LogP contribution in [0.4, 0.5) is 11.4 Å². The van der Waals surface area contributed by atoms with E-state index in [1.54, 1.807) is 7.11 Å². The Kier molecular flexibility index (Phi) is 3.25. The molecule has 1 N–H and O–H groups in total. The molecule has 3 aromatic rings. The van der Waals surface area contributed by atoms with E-state index in [2.05, 4.69) is 41.5 Å². The molecule has 0 radical (unpaired) electrons. The molecule has 0 saturated heterocycles. The molecule has 0 unspecified atom stereocenters. The Hall–Kier alpha value is -2.55. The minimum atomic E-state index is 0.831. The Bertz CT molecular complexity index is 736. The molecule has 0 aliphatic rings. The zero-order valence-electron chi connectivity index (χ0n) is 11.6. The SMILES string of the molecule is COc1ccc2nccc(Nc3ccc(C)cc3)c2c1. The number of rotatable bonds is 3. The highest BCUT2D eigenvalue weighted by molar-refractivity contribution is 5.93. The van der Waals surface area contributed by atoms with Crippen molar-refractivity contribution >= 4 is 22.3 Å². The van der Waals surface area contributed by atoms with Crippen molar-refractivity contribution in [2.45, 2.75) is 6.92 Å². The van der Waals surface area contributed by atoms with Gasteiger partial charge in [0, 0.05) is 23.0 Å². The summed E-state index contributed by atoms with van der Waals surface area (Å²) in [6, 6.07) is 16.2. The van der Waals surface area contributed by atoms with E-state index >= 15 is 0 Å². The Morgan fingerprint density at radius 1 is 1.00 bits per heavy atom. The first-order chi connectivity index (χ1) is 9.76. The maximum Gasteiger partial charge on any atom is 0.119 e. The van der Waals surface area contributed by atoms with Gasteiger partial charge in [-0.2, -0.15) is 0 Å². The van der Waals surface area contributed by atoms with Crippen LogP contribution in [0.3, 0.4) is 0 Å². The predicted molar refractivity (Wildman–Crippen MR) is 82.8 cm³/mol. The van der Waals surface area contributed by atoms with Crippen LogP contribution in [0.1, 0.15) is 5.56 Å². The van der Waals surface area contributed by atoms with Gasteiger partial charge in [-0.3, -0.25) is 4.98 Å². The third kappa shape index (κ3) is 2.43. The van der Waals surface area contributed by atoms with Gasteiger partial charge in [-0.15, -0.1) is 0 Å². The predicted octanol–water partition coefficient (Wildman–Crippen LogP) is 4.30. The molecule has 3 heteroatoms. The second-order valence-electron chi connectivity index (χ2n) is 4.73. The Morgan fingerprint density at radius 3 is 2.55 bits per heavy atom. The highest BCUT2D eigenvalue weighted by Gasteiger charge is 2.04. The van der Waals surface area contributed by atoms with Crippen LogP contribution in [-0.2, 0) is 0 Å². The maximum atomic E-state index is 5.29. The number of fused-ring (bicyclic) bond motifs is 1. The molecule has 20 heavy (non-hydrogen) atoms. The molecule has 1 heterocycles. The molecule has 3 nitrogen and oxygen atoms in total. The number of aromatic nitrogens is 1. The molecule has 2 aromatic carbocycles. The number of pyridine rings is 1. The van der Waals surface area contributed by atoms with Crippen molar-refractivity contribution in [2.24, 2.45) is 0 Å². The summed E-state index contributed by atoms with van der Waals surface area (Å²) in [7, 11) is 1.67. The average molecular weight is 264 g/mol. The van der Waals surface area contributed by atoms with E-state index in [0.717, 1.165) is 28.0 Å². The molecule has 0 aliphatic heterocycles. The molecule has 0 bridgehead atoms. The third-order valence-corrected chi connectivity index (χ3v) is 3.28. The number of nitrogens with one attached hydrogen (secondary N) is 1. The Morgan fingerprint density at radius 2 is 1.80 bits per heavy atom. The van der Waals surface area contributed by atoms with E-state index in [1.807, 2.05) is 30.5 Å². The summed E-state index contributed by atoms with van der Waals surface area (Å²) >= 11 is 0. The number of nitrogens with zero attached hydrogens (tertiary/aromatic N) is 1. The summed E-state index contributed by atoms with van der Waals surface area (Å²) in [4.78, 5) is 4.38. The van der Waals surface area contributed by atoms with Crippen molar-refractivity contribution in [1.82, 2.24) is 4.98 Å². The van der Waals surface area contributed by atoms with Crippen LogP contribution in [0.5, 0.6) is 5.75 Å². The lowest BCUT2D eigenvalue weighted by Gasteiger charge is -2.10. The first-order valence-electron chi connectivity index (χ1n) is 6.53. The highest BCUT2D eigenvalue weighted by atomic mass is 16.5. The van der Waals surface area contributed by atoms with Crippen LogP contribution in [0.25, 0.3) is 10.9 Å². The Labute approximate surface area is 118 Å². The molecule has 0 spiro atoms. The van der Waals surface area contributed by atoms with E-state index < -0.39 is 0 Å². The summed E-state index contributed by atoms with van der Waals surface area (Å²) in [6.07, 6.45) is 1.81. The molecule has 0 saturated carbocycles. The monoisotopic (exact) mass is 264 g/mol. The number of benzene rings is 2. The van der Waals surface area contributed by atoms with Gasteiger partial charge in [0.05, 0.1) is 12.6 Å². The van der Waals surface area contributed by atoms with Gasteiger partial charge in [0.2, 0.25) is 0 Å². The number of hydrogen-bond acceptors (Lipinski definition) is 3. The van der Waals surface area contributed by atoms with Gasteiger partial charge in [-0.25, -0.2) is 0 Å². The standard InChI is InChI=1S/C17H16N2O/c1-12-3-5-13(6-4-12)19-17-9-10-18-16-8-7-14(20-2)11-15(16)17/h3-11H,1-2H3,(H,18,19). The van der Waals surface area contributed by atoms with Crippen LogP contribution in [0.15, 0.2) is 54.7 Å². The van der Waals surface area contributed by atoms with Crippen molar-refractivity contribution in [3.63, 3.8) is 0 Å². The summed E-state index contributed by atoms with van der Waals surface area (Å²) < 4.78 is 5.29. The zero-order chi connectivity index (χ0) is 13.9. The van der Waals surface area contributed by atoms with Crippen molar-refractivity contribution in [3.05, 3.63) is 60.3 Å². The topological polar surface area (TPSA) is 34.1 Å². The van der Waals surface area contributed by atoms with Crippen molar-refractivity contribution in [3.8, 4) is 5.75 Å². The quantitative estimate of drug-likeness (QED) is 0.766. The van der Waals surface area contributed by atoms with Gasteiger partial charge in [-0.1, -0.05) is 17.7 Å². The van der Waals surface area contributed by atoms with Crippen molar-refractivity contribution in [2.75, 3.05) is 12.4 Å². The third-order valence-electron chi connectivity index (χ3n) is 3.28. The second kappa shape index (κ2) is 5.21. The van der Waals surface area contributed by atoms with Gasteiger partial charge < -0.3 is 10.1 Å². The lowest BCUT2D eigenvalue weighted by atomic mass is 10.1. The fourth-order valence-corrected chi connectivity index (χ4v) is 2.15. The van der Waals surface area contributed by atoms with E-state index in [4.69, 9.17) is 4.74 Å². The number of methoxy groups -OCH3 is 1. The second-order valence-corrected chi connectivity index (χ2v) is 4.73. The molecule has 0 amide bonds. The fourth-order valence-electron chi connectivity index (χ4n) is 2.15. The van der Waals surface area contributed by atoms with Gasteiger partial charge in [-0.05, 0) is 43.3 Å². The minimum absolute atomic E-state index is 0.831. The van der Waals surface area contributed by atoms with Crippen molar-refractivity contribution in [1.29, 1.82) is 0 Å². The molecular formula is C17H16N2O. The molecule has 1 aromatic heterocycles. The summed E-state index contributed by atoms with van der Waals surface area (Å²) in [5.74, 6) is 0.831. The number of ether oxygens (including phenoxy) is 1. The highest BCUT2D eigenvalue weighted by Crippen LogP contribution is 2.28. The number of aryl methyl sites for hydroxylation is 1. The van der Waals surface area contributed by atoms with Gasteiger partial charge in [0.1, 0.15) is 5.75 Å². The lowest BCUT2D eigenvalue weighted by molar-refractivity contribution is 0.415. The van der Waals surface area contributed by atoms with Crippen LogP contribution >= 0.6 is 0 Å². The lowest BCUT2D eigenvalue weighted by Crippen LogP contribution is -1.93. The minimum Gasteiger partial charge on any atom is -0.497 e. The zero-order valence-corrected chi connectivity index (χ0v) is 11.6. The van der Waals surface area contributed by atoms with E-state index in [0.29, 0.717) is 0 Å². The van der Waals surface area contributed by atoms with Crippen LogP contribution in [0.2, 0.25) is 0 Å². The summed E-state index contributed by atoms with van der Waals surface area (Å²) in [5, 5.41) is 4.48. The van der Waals surface area contributed by atoms with Crippen LogP contribution in [0, 0.1) is 6.92 Å². The number of anilines is 2. The van der Waals surface area contributed by atoms with E-state index in [-0.39, 0.29) is 0 Å². The largest absolute Gasteiger partial charge is 0.497 e. The summed E-state index contributed by atoms with van der Waals surface area (Å²) in [6.45, 7) is 2.08. The first-order valence-corrected chi connectivity index (χ1v) is 6.53. The van der Waals surface area contributed by atoms with E-state index in [9.17, 15) is 0 Å². The van der Waals surface area contributed by atoms with Crippen molar-refractivity contribution < 1.29 is 4.74 Å². The smallest absolute Gasteiger partial charge is 0.119 e. The van der Waals surface area contributed by atoms with Crippen LogP contribution in [-0.4, -0.2) is 12.1 Å². The fraction of sp³-hybridized carbons (Fsp3) is 0.118. The molecule has 100 valence electrons. The Balaban J connectivity index is 2.04. The molecule has 0 atom stereocenters. The van der Waals surface area contributed by atoms with E-state index in [1.165, 1.54) is 5.56 Å². The average Bonchev–Trinajstić information content (AvgIpc) is 2.49. The molecule has 0 aliphatic carbocycles. The summed E-state index contributed by atoms with van der Waals surface area (Å²) in [5.41, 5.74) is 4.28. The first kappa shape index (κ1) is 12.5. The molecule has 3 rings (SSSR count). The molecule has 0 fully saturated rings. The van der Waals surface area contributed by atoms with Gasteiger partial charge in [0.15, 0.2) is 0 Å². The normalized spacial score (nSPS) is 10.5. The van der Waals surface area contributed by atoms with Gasteiger partial charge >= 0.3 is 0 Å². The molecular weight excluding hydrogens is 248 g/mol. The maximum absolute atomic E-state index is 5.29. The number of hydrogen-bond donors (Lipinski definition) is 1.